The van der Waals surface area contributed by atoms with Crippen molar-refractivity contribution in [1.82, 2.24) is 4.98 Å². The van der Waals surface area contributed by atoms with Crippen LogP contribution in [0.3, 0.4) is 0 Å². The molecule has 0 radical (unpaired) electrons. The maximum absolute atomic E-state index is 12.2. The molecule has 0 saturated carbocycles. The van der Waals surface area contributed by atoms with Crippen LogP contribution in [-0.2, 0) is 27.2 Å². The Morgan fingerprint density at radius 2 is 2.08 bits per heavy atom. The van der Waals surface area contributed by atoms with E-state index in [0.29, 0.717) is 35.0 Å². The van der Waals surface area contributed by atoms with Crippen molar-refractivity contribution in [3.63, 3.8) is 0 Å². The summed E-state index contributed by atoms with van der Waals surface area (Å²) in [5, 5.41) is 14.1. The van der Waals surface area contributed by atoms with Crippen LogP contribution in [0, 0.1) is 0 Å². The van der Waals surface area contributed by atoms with E-state index in [4.69, 9.17) is 5.11 Å². The van der Waals surface area contributed by atoms with Crippen molar-refractivity contribution in [2.75, 3.05) is 16.8 Å². The molecule has 0 spiro atoms. The van der Waals surface area contributed by atoms with Gasteiger partial charge in [-0.3, -0.25) is 19.3 Å². The number of hydrogen-bond donors (Lipinski definition) is 2. The van der Waals surface area contributed by atoms with Crippen LogP contribution < -0.4 is 10.2 Å². The van der Waals surface area contributed by atoms with Gasteiger partial charge in [-0.1, -0.05) is 18.2 Å². The van der Waals surface area contributed by atoms with Crippen LogP contribution in [0.15, 0.2) is 29.6 Å². The van der Waals surface area contributed by atoms with Crippen LogP contribution in [0.2, 0.25) is 0 Å². The fourth-order valence-corrected chi connectivity index (χ4v) is 3.54. The van der Waals surface area contributed by atoms with Gasteiger partial charge in [-0.15, -0.1) is 11.3 Å². The Hall–Kier alpha value is -2.74. The average molecular weight is 359 g/mol. The van der Waals surface area contributed by atoms with Crippen molar-refractivity contribution < 1.29 is 19.5 Å². The predicted octanol–water partition coefficient (Wildman–Crippen LogP) is 2.08. The number of hydrogen-bond acceptors (Lipinski definition) is 5. The Labute approximate surface area is 148 Å². The van der Waals surface area contributed by atoms with Gasteiger partial charge in [-0.2, -0.15) is 0 Å². The lowest BCUT2D eigenvalue weighted by atomic mass is 10.1. The Balaban J connectivity index is 1.65. The second kappa shape index (κ2) is 7.43. The molecule has 2 amide bonds. The minimum atomic E-state index is -0.957. The number of para-hydroxylation sites is 1. The molecule has 1 saturated heterocycles. The summed E-state index contributed by atoms with van der Waals surface area (Å²) in [6, 6.07) is 6.81. The van der Waals surface area contributed by atoms with Gasteiger partial charge < -0.3 is 10.4 Å². The van der Waals surface area contributed by atoms with E-state index in [-0.39, 0.29) is 24.7 Å². The number of nitrogens with one attached hydrogen (secondary N) is 1. The molecule has 1 aliphatic heterocycles. The highest BCUT2D eigenvalue weighted by Gasteiger charge is 2.24. The van der Waals surface area contributed by atoms with Gasteiger partial charge in [0, 0.05) is 24.0 Å². The molecule has 1 aliphatic rings. The Kier molecular flexibility index (Phi) is 5.08. The summed E-state index contributed by atoms with van der Waals surface area (Å²) < 4.78 is 0. The predicted molar refractivity (Wildman–Crippen MR) is 93.8 cm³/mol. The van der Waals surface area contributed by atoms with Crippen molar-refractivity contribution in [2.45, 2.75) is 25.7 Å². The van der Waals surface area contributed by atoms with Crippen molar-refractivity contribution in [3.05, 3.63) is 40.9 Å². The molecule has 25 heavy (non-hydrogen) atoms. The number of aromatic nitrogens is 1. The quantitative estimate of drug-likeness (QED) is 0.823. The van der Waals surface area contributed by atoms with Gasteiger partial charge in [-0.25, -0.2) is 4.98 Å². The van der Waals surface area contributed by atoms with Crippen LogP contribution in [0.1, 0.15) is 24.1 Å². The number of carbonyl (C=O) groups excluding carboxylic acids is 2. The summed E-state index contributed by atoms with van der Waals surface area (Å²) in [7, 11) is 0. The summed E-state index contributed by atoms with van der Waals surface area (Å²) in [5.74, 6) is -1.17. The number of carboxylic acids is 1. The first kappa shape index (κ1) is 17.1. The van der Waals surface area contributed by atoms with Gasteiger partial charge in [0.05, 0.1) is 18.5 Å². The lowest BCUT2D eigenvalue weighted by Gasteiger charge is -2.10. The first-order valence-electron chi connectivity index (χ1n) is 7.87. The molecule has 2 N–H and O–H groups in total. The van der Waals surface area contributed by atoms with E-state index in [1.54, 1.807) is 34.5 Å². The SMILES string of the molecule is O=C(O)Cc1ccccc1NC(=O)Cc1csc(N2CCCC2=O)n1. The molecule has 130 valence electrons. The van der Waals surface area contributed by atoms with E-state index >= 15 is 0 Å². The largest absolute Gasteiger partial charge is 0.481 e. The monoisotopic (exact) mass is 359 g/mol. The number of nitrogens with zero attached hydrogens (tertiary/aromatic N) is 2. The number of benzene rings is 1. The van der Waals surface area contributed by atoms with Crippen LogP contribution in [0.5, 0.6) is 0 Å². The van der Waals surface area contributed by atoms with Crippen molar-refractivity contribution in [3.8, 4) is 0 Å². The molecule has 0 aliphatic carbocycles. The second-order valence-electron chi connectivity index (χ2n) is 5.72. The maximum atomic E-state index is 12.2. The Bertz CT molecular complexity index is 818. The van der Waals surface area contributed by atoms with Crippen molar-refractivity contribution in [2.24, 2.45) is 0 Å². The van der Waals surface area contributed by atoms with Gasteiger partial charge >= 0.3 is 5.97 Å². The second-order valence-corrected chi connectivity index (χ2v) is 6.56. The normalized spacial score (nSPS) is 13.9. The van der Waals surface area contributed by atoms with Gasteiger partial charge in [0.25, 0.3) is 0 Å². The number of anilines is 2. The fraction of sp³-hybridized carbons (Fsp3) is 0.294. The molecule has 0 unspecified atom stereocenters. The smallest absolute Gasteiger partial charge is 0.307 e. The van der Waals surface area contributed by atoms with Crippen LogP contribution in [-0.4, -0.2) is 34.4 Å². The summed E-state index contributed by atoms with van der Waals surface area (Å²) in [6.45, 7) is 0.667. The highest BCUT2D eigenvalue weighted by molar-refractivity contribution is 7.14. The van der Waals surface area contributed by atoms with E-state index < -0.39 is 5.97 Å². The number of amides is 2. The van der Waals surface area contributed by atoms with Gasteiger partial charge in [0.2, 0.25) is 11.8 Å². The minimum absolute atomic E-state index is 0.0629. The van der Waals surface area contributed by atoms with E-state index in [1.165, 1.54) is 11.3 Å². The molecule has 0 atom stereocenters. The summed E-state index contributed by atoms with van der Waals surface area (Å²) >= 11 is 1.35. The molecule has 1 fully saturated rings. The van der Waals surface area contributed by atoms with Gasteiger partial charge in [-0.05, 0) is 18.1 Å². The lowest BCUT2D eigenvalue weighted by molar-refractivity contribution is -0.136. The minimum Gasteiger partial charge on any atom is -0.481 e. The lowest BCUT2D eigenvalue weighted by Crippen LogP contribution is -2.23. The maximum Gasteiger partial charge on any atom is 0.307 e. The summed E-state index contributed by atoms with van der Waals surface area (Å²) in [4.78, 5) is 40.9. The third kappa shape index (κ3) is 4.21. The molecule has 2 aromatic rings. The summed E-state index contributed by atoms with van der Waals surface area (Å²) in [5.41, 5.74) is 1.62. The number of aliphatic carboxylic acids is 1. The number of carbonyl (C=O) groups is 3. The Morgan fingerprint density at radius 3 is 2.80 bits per heavy atom. The Morgan fingerprint density at radius 1 is 1.28 bits per heavy atom. The molecular formula is C17H17N3O4S. The number of rotatable bonds is 6. The number of carboxylic acid groups (broad SMARTS) is 1. The topological polar surface area (TPSA) is 99.6 Å². The molecular weight excluding hydrogens is 342 g/mol. The van der Waals surface area contributed by atoms with E-state index in [2.05, 4.69) is 10.3 Å². The zero-order valence-electron chi connectivity index (χ0n) is 13.4. The van der Waals surface area contributed by atoms with Crippen LogP contribution in [0.25, 0.3) is 0 Å². The highest BCUT2D eigenvalue weighted by atomic mass is 32.1. The van der Waals surface area contributed by atoms with Crippen LogP contribution in [0.4, 0.5) is 10.8 Å². The first-order valence-corrected chi connectivity index (χ1v) is 8.75. The third-order valence-corrected chi connectivity index (χ3v) is 4.73. The molecule has 2 heterocycles. The van der Waals surface area contributed by atoms with Crippen LogP contribution >= 0.6 is 11.3 Å². The zero-order valence-corrected chi connectivity index (χ0v) is 14.2. The molecule has 3 rings (SSSR count). The first-order chi connectivity index (χ1) is 12.0. The standard InChI is InChI=1S/C17H17N3O4S/c21-14(19-13-5-2-1-4-11(13)8-16(23)24)9-12-10-25-17(18-12)20-7-3-6-15(20)22/h1-2,4-5,10H,3,6-9H2,(H,19,21)(H,23,24). The van der Waals surface area contributed by atoms with Gasteiger partial charge in [0.1, 0.15) is 0 Å². The fourth-order valence-electron chi connectivity index (χ4n) is 2.67. The van der Waals surface area contributed by atoms with E-state index in [1.807, 2.05) is 0 Å². The average Bonchev–Trinajstić information content (AvgIpc) is 3.17. The third-order valence-electron chi connectivity index (χ3n) is 3.82. The number of thiazole rings is 1. The molecule has 1 aromatic heterocycles. The van der Waals surface area contributed by atoms with Crippen molar-refractivity contribution >= 4 is 39.9 Å². The molecule has 0 bridgehead atoms. The highest BCUT2D eigenvalue weighted by Crippen LogP contribution is 2.25. The molecule has 8 heteroatoms. The van der Waals surface area contributed by atoms with E-state index in [0.717, 1.165) is 6.42 Å². The molecule has 1 aromatic carbocycles. The summed E-state index contributed by atoms with van der Waals surface area (Å²) in [6.07, 6.45) is 1.28. The molecule has 7 nitrogen and oxygen atoms in total. The van der Waals surface area contributed by atoms with Crippen molar-refractivity contribution in [1.29, 1.82) is 0 Å². The zero-order chi connectivity index (χ0) is 17.8. The van der Waals surface area contributed by atoms with Gasteiger partial charge in [0.15, 0.2) is 5.13 Å². The van der Waals surface area contributed by atoms with E-state index in [9.17, 15) is 14.4 Å².